The number of primary amides is 1. The SMILES string of the molecule is Cc1cc(C(N)=O)nn1-c1ccc(Cc2ccc(-c3ccc(C(=O)O)cc3)cc2)cc1. The van der Waals surface area contributed by atoms with Crippen LogP contribution in [0.1, 0.15) is 37.7 Å². The third-order valence-corrected chi connectivity index (χ3v) is 5.15. The summed E-state index contributed by atoms with van der Waals surface area (Å²) in [6.07, 6.45) is 0.781. The van der Waals surface area contributed by atoms with Crippen LogP contribution in [0.25, 0.3) is 16.8 Å². The Morgan fingerprint density at radius 3 is 1.87 bits per heavy atom. The quantitative estimate of drug-likeness (QED) is 0.496. The average Bonchev–Trinajstić information content (AvgIpc) is 3.17. The molecular weight excluding hydrogens is 390 g/mol. The van der Waals surface area contributed by atoms with Crippen LogP contribution < -0.4 is 5.73 Å². The second kappa shape index (κ2) is 8.28. The third-order valence-electron chi connectivity index (χ3n) is 5.15. The van der Waals surface area contributed by atoms with Crippen LogP contribution in [0.3, 0.4) is 0 Å². The molecule has 0 saturated heterocycles. The minimum Gasteiger partial charge on any atom is -0.478 e. The molecule has 0 bridgehead atoms. The molecule has 0 unspecified atom stereocenters. The number of nitrogens with zero attached hydrogens (tertiary/aromatic N) is 2. The highest BCUT2D eigenvalue weighted by Gasteiger charge is 2.10. The molecule has 0 aliphatic heterocycles. The Morgan fingerprint density at radius 1 is 0.871 bits per heavy atom. The van der Waals surface area contributed by atoms with Gasteiger partial charge in [-0.1, -0.05) is 48.5 Å². The predicted molar refractivity (Wildman–Crippen MR) is 118 cm³/mol. The molecule has 31 heavy (non-hydrogen) atoms. The van der Waals surface area contributed by atoms with Crippen LogP contribution in [0.5, 0.6) is 0 Å². The number of benzene rings is 3. The van der Waals surface area contributed by atoms with Crippen molar-refractivity contribution < 1.29 is 14.7 Å². The van der Waals surface area contributed by atoms with E-state index in [0.29, 0.717) is 0 Å². The number of nitrogens with two attached hydrogens (primary N) is 1. The molecule has 4 aromatic rings. The second-order valence-corrected chi connectivity index (χ2v) is 7.37. The number of aromatic carboxylic acids is 1. The van der Waals surface area contributed by atoms with E-state index in [4.69, 9.17) is 10.8 Å². The lowest BCUT2D eigenvalue weighted by Gasteiger charge is -2.08. The summed E-state index contributed by atoms with van der Waals surface area (Å²) in [7, 11) is 0. The Morgan fingerprint density at radius 2 is 1.39 bits per heavy atom. The molecule has 0 aliphatic carbocycles. The van der Waals surface area contributed by atoms with Gasteiger partial charge in [0.25, 0.3) is 5.91 Å². The van der Waals surface area contributed by atoms with E-state index in [1.165, 1.54) is 5.56 Å². The molecule has 0 radical (unpaired) electrons. The topological polar surface area (TPSA) is 98.2 Å². The van der Waals surface area contributed by atoms with E-state index < -0.39 is 11.9 Å². The van der Waals surface area contributed by atoms with Crippen LogP contribution in [0.2, 0.25) is 0 Å². The lowest BCUT2D eigenvalue weighted by Crippen LogP contribution is -2.12. The van der Waals surface area contributed by atoms with Gasteiger partial charge in [0.05, 0.1) is 11.3 Å². The van der Waals surface area contributed by atoms with Crippen LogP contribution >= 0.6 is 0 Å². The first-order valence-electron chi connectivity index (χ1n) is 9.79. The lowest BCUT2D eigenvalue weighted by molar-refractivity contribution is 0.0696. The zero-order chi connectivity index (χ0) is 22.0. The molecule has 4 rings (SSSR count). The summed E-state index contributed by atoms with van der Waals surface area (Å²) in [6.45, 7) is 1.88. The van der Waals surface area contributed by atoms with Gasteiger partial charge in [-0.05, 0) is 65.9 Å². The van der Waals surface area contributed by atoms with Crippen molar-refractivity contribution in [3.8, 4) is 16.8 Å². The summed E-state index contributed by atoms with van der Waals surface area (Å²) in [4.78, 5) is 22.3. The van der Waals surface area contributed by atoms with E-state index in [9.17, 15) is 9.59 Å². The van der Waals surface area contributed by atoms with Crippen LogP contribution in [-0.2, 0) is 6.42 Å². The maximum absolute atomic E-state index is 11.3. The number of carboxylic acid groups (broad SMARTS) is 1. The van der Waals surface area contributed by atoms with Crippen molar-refractivity contribution in [2.45, 2.75) is 13.3 Å². The van der Waals surface area contributed by atoms with Gasteiger partial charge in [0.1, 0.15) is 0 Å². The molecule has 3 N–H and O–H groups in total. The number of carbonyl (C=O) groups excluding carboxylic acids is 1. The fourth-order valence-electron chi connectivity index (χ4n) is 3.47. The van der Waals surface area contributed by atoms with Gasteiger partial charge in [-0.15, -0.1) is 0 Å². The van der Waals surface area contributed by atoms with E-state index in [0.717, 1.165) is 34.5 Å². The number of hydrogen-bond donors (Lipinski definition) is 2. The van der Waals surface area contributed by atoms with Gasteiger partial charge in [0.15, 0.2) is 5.69 Å². The Balaban J connectivity index is 1.47. The van der Waals surface area contributed by atoms with Crippen molar-refractivity contribution in [1.82, 2.24) is 9.78 Å². The third kappa shape index (κ3) is 4.38. The number of aryl methyl sites for hydroxylation is 1. The standard InChI is InChI=1S/C25H21N3O3/c1-16-14-23(24(26)29)27-28(16)22-12-4-18(5-13-22)15-17-2-6-19(7-3-17)20-8-10-21(11-9-20)25(30)31/h2-14H,15H2,1H3,(H2,26,29)(H,30,31). The van der Waals surface area contributed by atoms with Gasteiger partial charge < -0.3 is 10.8 Å². The number of aromatic nitrogens is 2. The van der Waals surface area contributed by atoms with E-state index in [2.05, 4.69) is 17.2 Å². The zero-order valence-corrected chi connectivity index (χ0v) is 16.9. The molecule has 0 aliphatic rings. The number of carbonyl (C=O) groups is 2. The molecular formula is C25H21N3O3. The predicted octanol–water partition coefficient (Wildman–Crippen LogP) is 4.24. The largest absolute Gasteiger partial charge is 0.478 e. The molecule has 6 nitrogen and oxygen atoms in total. The molecule has 1 amide bonds. The van der Waals surface area contributed by atoms with E-state index in [1.807, 2.05) is 55.5 Å². The van der Waals surface area contributed by atoms with Gasteiger partial charge in [-0.3, -0.25) is 4.79 Å². The first-order chi connectivity index (χ1) is 14.9. The molecule has 0 saturated carbocycles. The smallest absolute Gasteiger partial charge is 0.335 e. The van der Waals surface area contributed by atoms with Crippen molar-refractivity contribution in [1.29, 1.82) is 0 Å². The van der Waals surface area contributed by atoms with Crippen molar-refractivity contribution in [3.05, 3.63) is 107 Å². The normalized spacial score (nSPS) is 10.7. The minimum absolute atomic E-state index is 0.249. The summed E-state index contributed by atoms with van der Waals surface area (Å²) in [5.74, 6) is -1.47. The first-order valence-corrected chi connectivity index (χ1v) is 9.79. The van der Waals surface area contributed by atoms with Crippen molar-refractivity contribution in [2.75, 3.05) is 0 Å². The summed E-state index contributed by atoms with van der Waals surface area (Å²) in [6, 6.07) is 24.8. The minimum atomic E-state index is -0.927. The highest BCUT2D eigenvalue weighted by molar-refractivity contribution is 5.91. The summed E-state index contributed by atoms with van der Waals surface area (Å²) >= 11 is 0. The number of rotatable bonds is 6. The number of carboxylic acids is 1. The first kappa shape index (κ1) is 20.1. The number of hydrogen-bond acceptors (Lipinski definition) is 3. The van der Waals surface area contributed by atoms with E-state index >= 15 is 0 Å². The molecule has 0 spiro atoms. The summed E-state index contributed by atoms with van der Waals surface area (Å²) in [5, 5.41) is 13.3. The Bertz CT molecular complexity index is 1240. The maximum atomic E-state index is 11.3. The van der Waals surface area contributed by atoms with Crippen LogP contribution in [0, 0.1) is 6.92 Å². The van der Waals surface area contributed by atoms with Crippen LogP contribution in [0.4, 0.5) is 0 Å². The Labute approximate surface area is 179 Å². The van der Waals surface area contributed by atoms with Crippen molar-refractivity contribution in [3.63, 3.8) is 0 Å². The van der Waals surface area contributed by atoms with Gasteiger partial charge in [-0.25, -0.2) is 9.48 Å². The van der Waals surface area contributed by atoms with Gasteiger partial charge in [0.2, 0.25) is 0 Å². The van der Waals surface area contributed by atoms with Crippen molar-refractivity contribution >= 4 is 11.9 Å². The maximum Gasteiger partial charge on any atom is 0.335 e. The molecule has 0 fully saturated rings. The fourth-order valence-corrected chi connectivity index (χ4v) is 3.47. The summed E-state index contributed by atoms with van der Waals surface area (Å²) < 4.78 is 1.70. The molecule has 0 atom stereocenters. The monoisotopic (exact) mass is 411 g/mol. The highest BCUT2D eigenvalue weighted by atomic mass is 16.4. The number of amides is 1. The van der Waals surface area contributed by atoms with Gasteiger partial charge in [0, 0.05) is 5.69 Å². The average molecular weight is 411 g/mol. The van der Waals surface area contributed by atoms with E-state index in [-0.39, 0.29) is 11.3 Å². The molecule has 1 aromatic heterocycles. The molecule has 154 valence electrons. The Hall–Kier alpha value is -4.19. The lowest BCUT2D eigenvalue weighted by atomic mass is 9.99. The highest BCUT2D eigenvalue weighted by Crippen LogP contribution is 2.22. The second-order valence-electron chi connectivity index (χ2n) is 7.37. The van der Waals surface area contributed by atoms with Crippen molar-refractivity contribution in [2.24, 2.45) is 5.73 Å². The Kier molecular flexibility index (Phi) is 5.37. The molecule has 1 heterocycles. The fraction of sp³-hybridized carbons (Fsp3) is 0.0800. The summed E-state index contributed by atoms with van der Waals surface area (Å²) in [5.41, 5.74) is 11.9. The zero-order valence-electron chi connectivity index (χ0n) is 16.9. The molecule has 3 aromatic carbocycles. The van der Waals surface area contributed by atoms with Gasteiger partial charge >= 0.3 is 5.97 Å². The van der Waals surface area contributed by atoms with Crippen LogP contribution in [-0.4, -0.2) is 26.8 Å². The van der Waals surface area contributed by atoms with Crippen LogP contribution in [0.15, 0.2) is 78.9 Å². The van der Waals surface area contributed by atoms with E-state index in [1.54, 1.807) is 22.9 Å². The molecule has 6 heteroatoms. The van der Waals surface area contributed by atoms with Gasteiger partial charge in [-0.2, -0.15) is 5.10 Å².